The molecule has 1 fully saturated rings. The zero-order chi connectivity index (χ0) is 15.0. The van der Waals surface area contributed by atoms with E-state index in [9.17, 15) is 14.4 Å². The number of hydrogen-bond acceptors (Lipinski definition) is 5. The lowest BCUT2D eigenvalue weighted by molar-refractivity contribution is -0.140. The van der Waals surface area contributed by atoms with Crippen LogP contribution in [0.3, 0.4) is 0 Å². The number of benzene rings is 1. The Morgan fingerprint density at radius 2 is 2.10 bits per heavy atom. The summed E-state index contributed by atoms with van der Waals surface area (Å²) in [5.74, 6) is -1.10. The molecule has 1 aliphatic heterocycles. The van der Waals surface area contributed by atoms with Crippen molar-refractivity contribution in [3.8, 4) is 0 Å². The number of nitrogens with zero attached hydrogens (tertiary/aromatic N) is 1. The number of hydrogen-bond donors (Lipinski definition) is 1. The maximum absolute atomic E-state index is 12.4. The molecule has 1 atom stereocenters. The maximum atomic E-state index is 12.4. The normalized spacial score (nSPS) is 18.1. The van der Waals surface area contributed by atoms with Gasteiger partial charge < -0.3 is 14.4 Å². The number of carbonyl (C=O) groups is 2. The minimum atomic E-state index is -1.07. The van der Waals surface area contributed by atoms with E-state index in [1.807, 2.05) is 0 Å². The number of para-hydroxylation sites is 1. The molecule has 1 aliphatic rings. The number of amides is 1. The molecular formula is C14H11NO5S. The average Bonchev–Trinajstić information content (AvgIpc) is 2.95. The maximum Gasteiger partial charge on any atom is 0.349 e. The van der Waals surface area contributed by atoms with Crippen LogP contribution in [0.4, 0.5) is 0 Å². The van der Waals surface area contributed by atoms with Gasteiger partial charge in [0.1, 0.15) is 17.2 Å². The first-order chi connectivity index (χ1) is 10.1. The fourth-order valence-corrected chi connectivity index (χ4v) is 3.36. The lowest BCUT2D eigenvalue weighted by Gasteiger charge is -2.19. The van der Waals surface area contributed by atoms with E-state index in [0.717, 1.165) is 0 Å². The van der Waals surface area contributed by atoms with E-state index in [4.69, 9.17) is 9.52 Å². The minimum absolute atomic E-state index is 0.137. The fraction of sp³-hybridized carbons (Fsp3) is 0.214. The molecule has 21 heavy (non-hydrogen) atoms. The highest BCUT2D eigenvalue weighted by Crippen LogP contribution is 2.23. The van der Waals surface area contributed by atoms with Crippen molar-refractivity contribution in [2.75, 3.05) is 11.6 Å². The highest BCUT2D eigenvalue weighted by Gasteiger charge is 2.36. The predicted molar refractivity (Wildman–Crippen MR) is 77.4 cm³/mol. The Morgan fingerprint density at radius 1 is 1.33 bits per heavy atom. The third kappa shape index (κ3) is 2.40. The van der Waals surface area contributed by atoms with Crippen LogP contribution in [-0.4, -0.2) is 39.6 Å². The van der Waals surface area contributed by atoms with Crippen molar-refractivity contribution in [2.24, 2.45) is 0 Å². The Kier molecular flexibility index (Phi) is 3.42. The van der Waals surface area contributed by atoms with Crippen molar-refractivity contribution < 1.29 is 19.1 Å². The van der Waals surface area contributed by atoms with E-state index in [1.165, 1.54) is 22.7 Å². The van der Waals surface area contributed by atoms with Crippen molar-refractivity contribution in [2.45, 2.75) is 6.04 Å². The topological polar surface area (TPSA) is 87.8 Å². The molecule has 0 spiro atoms. The molecule has 1 saturated heterocycles. The van der Waals surface area contributed by atoms with Crippen LogP contribution in [-0.2, 0) is 4.79 Å². The van der Waals surface area contributed by atoms with Gasteiger partial charge in [0.15, 0.2) is 0 Å². The Hall–Kier alpha value is -2.28. The summed E-state index contributed by atoms with van der Waals surface area (Å²) >= 11 is 1.34. The first-order valence-electron chi connectivity index (χ1n) is 6.22. The van der Waals surface area contributed by atoms with Crippen molar-refractivity contribution in [3.63, 3.8) is 0 Å². The largest absolute Gasteiger partial charge is 0.480 e. The number of carboxylic acids is 1. The van der Waals surface area contributed by atoms with Gasteiger partial charge in [0.05, 0.1) is 5.88 Å². The van der Waals surface area contributed by atoms with Crippen LogP contribution >= 0.6 is 11.8 Å². The van der Waals surface area contributed by atoms with Gasteiger partial charge in [-0.1, -0.05) is 18.2 Å². The van der Waals surface area contributed by atoms with Crippen LogP contribution in [0, 0.1) is 0 Å². The van der Waals surface area contributed by atoms with Crippen LogP contribution in [0.25, 0.3) is 11.0 Å². The van der Waals surface area contributed by atoms with Crippen LogP contribution in [0.5, 0.6) is 0 Å². The number of fused-ring (bicyclic) bond motifs is 1. The Morgan fingerprint density at radius 3 is 2.86 bits per heavy atom. The Bertz CT molecular complexity index is 784. The molecule has 3 rings (SSSR count). The van der Waals surface area contributed by atoms with Crippen molar-refractivity contribution in [3.05, 3.63) is 46.3 Å². The molecule has 1 amide bonds. The summed E-state index contributed by atoms with van der Waals surface area (Å²) in [5, 5.41) is 9.74. The summed E-state index contributed by atoms with van der Waals surface area (Å²) in [6, 6.07) is 7.39. The standard InChI is InChI=1S/C14H11NO5S/c16-12(15-7-21-6-10(15)13(17)18)9-5-8-3-1-2-4-11(8)20-14(9)19/h1-5,10H,6-7H2,(H,17,18). The molecule has 7 heteroatoms. The van der Waals surface area contributed by atoms with E-state index >= 15 is 0 Å². The average molecular weight is 305 g/mol. The molecule has 1 aromatic carbocycles. The number of rotatable bonds is 2. The quantitative estimate of drug-likeness (QED) is 0.844. The molecule has 6 nitrogen and oxygen atoms in total. The van der Waals surface area contributed by atoms with Crippen molar-refractivity contribution in [1.82, 2.24) is 4.90 Å². The predicted octanol–water partition coefficient (Wildman–Crippen LogP) is 1.39. The second-order valence-electron chi connectivity index (χ2n) is 4.61. The van der Waals surface area contributed by atoms with E-state index in [2.05, 4.69) is 0 Å². The summed E-state index contributed by atoms with van der Waals surface area (Å²) in [6.07, 6.45) is 0. The molecule has 0 saturated carbocycles. The highest BCUT2D eigenvalue weighted by molar-refractivity contribution is 7.99. The van der Waals surface area contributed by atoms with E-state index in [0.29, 0.717) is 16.7 Å². The number of aliphatic carboxylic acids is 1. The first-order valence-corrected chi connectivity index (χ1v) is 7.38. The van der Waals surface area contributed by atoms with Gasteiger partial charge >= 0.3 is 11.6 Å². The van der Waals surface area contributed by atoms with E-state index in [-0.39, 0.29) is 11.4 Å². The Labute approximate surface area is 123 Å². The summed E-state index contributed by atoms with van der Waals surface area (Å²) in [4.78, 5) is 36.7. The first kappa shape index (κ1) is 13.7. The molecule has 1 aromatic heterocycles. The molecule has 2 aromatic rings. The molecule has 1 N–H and O–H groups in total. The summed E-state index contributed by atoms with van der Waals surface area (Å²) in [6.45, 7) is 0. The van der Waals surface area contributed by atoms with Crippen LogP contribution in [0.2, 0.25) is 0 Å². The fourth-order valence-electron chi connectivity index (χ4n) is 2.21. The van der Waals surface area contributed by atoms with E-state index in [1.54, 1.807) is 24.3 Å². The summed E-state index contributed by atoms with van der Waals surface area (Å²) in [5.41, 5.74) is -0.494. The molecule has 108 valence electrons. The zero-order valence-corrected chi connectivity index (χ0v) is 11.6. The van der Waals surface area contributed by atoms with Gasteiger partial charge in [-0.15, -0.1) is 11.8 Å². The Balaban J connectivity index is 2.03. The minimum Gasteiger partial charge on any atom is -0.480 e. The van der Waals surface area contributed by atoms with Gasteiger partial charge in [0, 0.05) is 11.1 Å². The van der Waals surface area contributed by atoms with Crippen LogP contribution in [0.15, 0.2) is 39.5 Å². The number of carbonyl (C=O) groups excluding carboxylic acids is 1. The number of thioether (sulfide) groups is 1. The third-order valence-electron chi connectivity index (χ3n) is 3.30. The molecule has 0 radical (unpaired) electrons. The van der Waals surface area contributed by atoms with Gasteiger partial charge in [-0.05, 0) is 12.1 Å². The molecular weight excluding hydrogens is 294 g/mol. The van der Waals surface area contributed by atoms with Crippen molar-refractivity contribution in [1.29, 1.82) is 0 Å². The van der Waals surface area contributed by atoms with Gasteiger partial charge in [0.2, 0.25) is 0 Å². The molecule has 2 heterocycles. The smallest absolute Gasteiger partial charge is 0.349 e. The summed E-state index contributed by atoms with van der Waals surface area (Å²) < 4.78 is 5.11. The summed E-state index contributed by atoms with van der Waals surface area (Å²) in [7, 11) is 0. The monoisotopic (exact) mass is 305 g/mol. The number of carboxylic acid groups (broad SMARTS) is 1. The zero-order valence-electron chi connectivity index (χ0n) is 10.8. The molecule has 1 unspecified atom stereocenters. The highest BCUT2D eigenvalue weighted by atomic mass is 32.2. The molecule has 0 bridgehead atoms. The van der Waals surface area contributed by atoms with Crippen molar-refractivity contribution >= 4 is 34.6 Å². The van der Waals surface area contributed by atoms with Gasteiger partial charge in [0.25, 0.3) is 5.91 Å². The molecule has 0 aliphatic carbocycles. The third-order valence-corrected chi connectivity index (χ3v) is 4.31. The van der Waals surface area contributed by atoms with Gasteiger partial charge in [-0.2, -0.15) is 0 Å². The lowest BCUT2D eigenvalue weighted by atomic mass is 10.1. The lowest BCUT2D eigenvalue weighted by Crippen LogP contribution is -2.43. The second kappa shape index (κ2) is 5.25. The SMILES string of the molecule is O=C(O)C1CSCN1C(=O)c1cc2ccccc2oc1=O. The second-order valence-corrected chi connectivity index (χ2v) is 5.61. The van der Waals surface area contributed by atoms with Gasteiger partial charge in [-0.3, -0.25) is 4.79 Å². The van der Waals surface area contributed by atoms with Crippen LogP contribution in [0.1, 0.15) is 10.4 Å². The van der Waals surface area contributed by atoms with Gasteiger partial charge in [-0.25, -0.2) is 9.59 Å². The van der Waals surface area contributed by atoms with Crippen LogP contribution < -0.4 is 5.63 Å². The van der Waals surface area contributed by atoms with E-state index < -0.39 is 23.5 Å².